The van der Waals surface area contributed by atoms with Crippen LogP contribution in [0.2, 0.25) is 0 Å². The van der Waals surface area contributed by atoms with Crippen LogP contribution >= 0.6 is 0 Å². The Bertz CT molecular complexity index is 2890. The van der Waals surface area contributed by atoms with Gasteiger partial charge in [-0.2, -0.15) is 0 Å². The molecule has 94 heavy (non-hydrogen) atoms. The number of aromatic amines is 1. The van der Waals surface area contributed by atoms with Crippen LogP contribution in [0, 0.1) is 47.3 Å². The topological polar surface area (TPSA) is 334 Å². The number of rotatable bonds is 17. The minimum Gasteiger partial charge on any atom is -0.450 e. The fourth-order valence-electron chi connectivity index (χ4n) is 11.9. The maximum absolute atomic E-state index is 15.4. The highest BCUT2D eigenvalue weighted by molar-refractivity contribution is 5.99. The van der Waals surface area contributed by atoms with Crippen LogP contribution in [0.1, 0.15) is 156 Å². The number of carbonyl (C=O) groups excluding carboxylic acids is 11. The molecule has 26 heteroatoms. The zero-order chi connectivity index (χ0) is 71.8. The molecule has 0 radical (unpaired) electrons. The van der Waals surface area contributed by atoms with Crippen molar-refractivity contribution in [2.75, 3.05) is 48.8 Å². The normalized spacial score (nSPS) is 25.7. The van der Waals surface area contributed by atoms with Crippen molar-refractivity contribution in [3.8, 4) is 0 Å². The summed E-state index contributed by atoms with van der Waals surface area (Å²) in [6.45, 7) is 28.6. The number of ether oxygens (including phenoxy) is 1. The van der Waals surface area contributed by atoms with E-state index in [2.05, 4.69) is 31.2 Å². The lowest BCUT2D eigenvalue weighted by Gasteiger charge is -2.40. The van der Waals surface area contributed by atoms with Crippen LogP contribution < -0.4 is 21.3 Å². The number of hydrogen-bond donors (Lipinski definition) is 7. The Morgan fingerprint density at radius 3 is 1.38 bits per heavy atom. The smallest absolute Gasteiger partial charge is 0.329 e. The molecule has 26 nitrogen and oxygen atoms in total. The summed E-state index contributed by atoms with van der Waals surface area (Å²) in [5.74, 6) is -11.5. The summed E-state index contributed by atoms with van der Waals surface area (Å²) in [6, 6.07) is -5.25. The molecule has 1 aromatic heterocycles. The molecular formula is C68H114N12O14. The SMILES string of the molecule is CC(C)C[C@@H]1NC(=O)[C@H](CC(C)C)N(C)C(=O)CN(C)C(=O)[C@@H](C(C)O)NC(=O)[C@@H](C(O)[C@H](C)Cc2nc3ccccc3[nH]2)N(C)C(=O)[C@@H](C(C)C)N(C)C(=O)[C@@H](CC(C)C)NC(=O)[C@H](CC(C)C)N(C)C(=O)[C@H](C(C)C)OC(=O)[C@H](C)NC(=O)[C@H](CC(C)C)N(C)C1=O. The number of aliphatic hydroxyl groups excluding tert-OH is 2. The molecule has 1 aromatic carbocycles. The predicted octanol–water partition coefficient (Wildman–Crippen LogP) is 3.50. The number of benzene rings is 1. The minimum absolute atomic E-state index is 0.0568. The number of aliphatic hydroxyl groups is 2. The number of fused-ring (bicyclic) bond motifs is 1. The molecule has 1 saturated heterocycles. The van der Waals surface area contributed by atoms with Crippen molar-refractivity contribution in [3.63, 3.8) is 0 Å². The van der Waals surface area contributed by atoms with Crippen molar-refractivity contribution < 1.29 is 67.7 Å². The van der Waals surface area contributed by atoms with Crippen molar-refractivity contribution in [3.05, 3.63) is 30.1 Å². The van der Waals surface area contributed by atoms with E-state index in [0.717, 1.165) is 14.7 Å². The number of likely N-dealkylation sites (N-methyl/N-ethyl adjacent to an activating group) is 6. The summed E-state index contributed by atoms with van der Waals surface area (Å²) >= 11 is 0. The Labute approximate surface area is 557 Å². The van der Waals surface area contributed by atoms with Crippen LogP contribution in [0.4, 0.5) is 0 Å². The molecular weight excluding hydrogens is 1210 g/mol. The number of aromatic nitrogens is 2. The average Bonchev–Trinajstić information content (AvgIpc) is 0.865. The molecule has 0 saturated carbocycles. The van der Waals surface area contributed by atoms with E-state index in [1.165, 1.54) is 70.8 Å². The molecule has 2 heterocycles. The Hall–Kier alpha value is -7.22. The lowest BCUT2D eigenvalue weighted by atomic mass is 9.91. The Balaban J connectivity index is 2.36. The van der Waals surface area contributed by atoms with E-state index in [0.29, 0.717) is 16.9 Å². The fourth-order valence-corrected chi connectivity index (χ4v) is 11.9. The van der Waals surface area contributed by atoms with Gasteiger partial charge in [0, 0.05) is 48.7 Å². The molecule has 0 spiro atoms. The standard InChI is InChI=1S/C68H114N12O14/c1-35(2)28-47-63(88)77(20)50(31-38(7)8)59(84)69-43(16)68(93)94-58(41(13)14)67(92)78(21)51(32-39(9)10)61(86)73-48(29-36(3)4)64(89)79(22)55(40(11)12)66(91)80(23)56(57(83)42(15)33-52-70-45-26-24-25-27-46(45)71-52)62(87)74-54(44(17)81)65(90)75(18)34-53(82)76(19)49(30-37(5)6)60(85)72-47/h24-27,35-44,47-51,54-58,81,83H,28-34H2,1-23H3,(H,69,84)(H,70,71)(H,72,85)(H,73,86)(H,74,87)/t42-,43+,44?,47+,48-,49+,50+,51+,54-,55-,56-,57?,58+/m1/s1. The second kappa shape index (κ2) is 36.0. The average molecular weight is 1320 g/mol. The van der Waals surface area contributed by atoms with Gasteiger partial charge in [0.2, 0.25) is 53.2 Å². The van der Waals surface area contributed by atoms with Crippen molar-refractivity contribution in [2.45, 2.75) is 229 Å². The number of esters is 1. The van der Waals surface area contributed by atoms with E-state index in [4.69, 9.17) is 4.74 Å². The molecule has 10 amide bonds. The number of hydrogen-bond acceptors (Lipinski definition) is 15. The third-order valence-corrected chi connectivity index (χ3v) is 17.3. The number of H-pyrrole nitrogens is 1. The molecule has 0 bridgehead atoms. The lowest BCUT2D eigenvalue weighted by Crippen LogP contribution is -2.64. The van der Waals surface area contributed by atoms with Crippen molar-refractivity contribution in [2.24, 2.45) is 47.3 Å². The second-order valence-corrected chi connectivity index (χ2v) is 28.9. The van der Waals surface area contributed by atoms with E-state index in [1.54, 1.807) is 40.7 Å². The van der Waals surface area contributed by atoms with Crippen molar-refractivity contribution in [1.82, 2.24) is 60.6 Å². The van der Waals surface area contributed by atoms with E-state index < -0.39 is 162 Å². The number of carbonyl (C=O) groups is 11. The van der Waals surface area contributed by atoms with Gasteiger partial charge in [-0.3, -0.25) is 47.9 Å². The molecule has 2 aromatic rings. The van der Waals surface area contributed by atoms with Gasteiger partial charge in [0.15, 0.2) is 6.10 Å². The van der Waals surface area contributed by atoms with E-state index in [9.17, 15) is 48.6 Å². The fraction of sp³-hybridized carbons (Fsp3) is 0.735. The summed E-state index contributed by atoms with van der Waals surface area (Å²) < 4.78 is 5.91. The number of nitrogens with zero attached hydrogens (tertiary/aromatic N) is 7. The molecule has 13 atom stereocenters. The van der Waals surface area contributed by atoms with E-state index in [1.807, 2.05) is 87.4 Å². The van der Waals surface area contributed by atoms with Crippen LogP contribution in [-0.4, -0.2) is 236 Å². The van der Waals surface area contributed by atoms with Gasteiger partial charge in [0.05, 0.1) is 29.8 Å². The highest BCUT2D eigenvalue weighted by Gasteiger charge is 2.46. The van der Waals surface area contributed by atoms with Crippen molar-refractivity contribution in [1.29, 1.82) is 0 Å². The van der Waals surface area contributed by atoms with Gasteiger partial charge in [0.1, 0.15) is 60.2 Å². The monoisotopic (exact) mass is 1320 g/mol. The van der Waals surface area contributed by atoms with Crippen LogP contribution in [0.3, 0.4) is 0 Å². The van der Waals surface area contributed by atoms with Gasteiger partial charge in [0.25, 0.3) is 5.91 Å². The number of imidazole rings is 1. The first kappa shape index (κ1) is 81.0. The Morgan fingerprint density at radius 2 is 0.936 bits per heavy atom. The molecule has 3 rings (SSSR count). The Kier molecular flexibility index (Phi) is 31.1. The Morgan fingerprint density at radius 1 is 0.500 bits per heavy atom. The minimum atomic E-state index is -1.82. The van der Waals surface area contributed by atoms with Gasteiger partial charge in [-0.05, 0) is 105 Å². The number of para-hydroxylation sites is 2. The van der Waals surface area contributed by atoms with Gasteiger partial charge >= 0.3 is 5.97 Å². The summed E-state index contributed by atoms with van der Waals surface area (Å²) in [4.78, 5) is 177. The first-order valence-electron chi connectivity index (χ1n) is 33.3. The summed E-state index contributed by atoms with van der Waals surface area (Å²) in [6.07, 6.45) is -4.30. The quantitative estimate of drug-likeness (QED) is 0.112. The van der Waals surface area contributed by atoms with Gasteiger partial charge in [-0.15, -0.1) is 0 Å². The van der Waals surface area contributed by atoms with Gasteiger partial charge in [-0.25, -0.2) is 9.78 Å². The number of cyclic esters (lactones) is 1. The second-order valence-electron chi connectivity index (χ2n) is 28.9. The highest BCUT2D eigenvalue weighted by Crippen LogP contribution is 2.26. The maximum atomic E-state index is 15.4. The number of nitrogens with one attached hydrogen (secondary N) is 5. The van der Waals surface area contributed by atoms with Gasteiger partial charge in [-0.1, -0.05) is 116 Å². The highest BCUT2D eigenvalue weighted by atomic mass is 16.6. The first-order chi connectivity index (χ1) is 43.5. The van der Waals surface area contributed by atoms with E-state index in [-0.39, 0.29) is 68.1 Å². The van der Waals surface area contributed by atoms with Crippen LogP contribution in [0.25, 0.3) is 11.0 Å². The summed E-state index contributed by atoms with van der Waals surface area (Å²) in [5.41, 5.74) is 1.35. The molecule has 7 N–H and O–H groups in total. The number of amides is 10. The van der Waals surface area contributed by atoms with E-state index >= 15 is 14.4 Å². The molecule has 1 fully saturated rings. The molecule has 1 aliphatic rings. The summed E-state index contributed by atoms with van der Waals surface area (Å²) in [7, 11) is 8.10. The molecule has 530 valence electrons. The third-order valence-electron chi connectivity index (χ3n) is 17.3. The first-order valence-corrected chi connectivity index (χ1v) is 33.3. The largest absolute Gasteiger partial charge is 0.450 e. The van der Waals surface area contributed by atoms with Crippen molar-refractivity contribution >= 4 is 76.1 Å². The molecule has 2 unspecified atom stereocenters. The third kappa shape index (κ3) is 22.2. The zero-order valence-corrected chi connectivity index (χ0v) is 60.2. The zero-order valence-electron chi connectivity index (χ0n) is 60.2. The van der Waals surface area contributed by atoms with Crippen LogP contribution in [0.5, 0.6) is 0 Å². The molecule has 0 aliphatic carbocycles. The predicted molar refractivity (Wildman–Crippen MR) is 357 cm³/mol. The van der Waals surface area contributed by atoms with Gasteiger partial charge < -0.3 is 70.6 Å². The summed E-state index contributed by atoms with van der Waals surface area (Å²) in [5, 5.41) is 34.8. The van der Waals surface area contributed by atoms with Crippen LogP contribution in [0.15, 0.2) is 24.3 Å². The molecule has 1 aliphatic heterocycles. The lowest BCUT2D eigenvalue weighted by molar-refractivity contribution is -0.166. The maximum Gasteiger partial charge on any atom is 0.329 e. The van der Waals surface area contributed by atoms with Crippen LogP contribution in [-0.2, 0) is 63.9 Å².